The zero-order valence-corrected chi connectivity index (χ0v) is 13.1. The molecule has 0 amide bonds. The van der Waals surface area contributed by atoms with E-state index in [0.29, 0.717) is 6.04 Å². The molecule has 0 saturated carbocycles. The molecule has 2 rings (SSSR count). The van der Waals surface area contributed by atoms with E-state index < -0.39 is 0 Å². The Labute approximate surface area is 119 Å². The van der Waals surface area contributed by atoms with Crippen LogP contribution in [0.15, 0.2) is 21.1 Å². The van der Waals surface area contributed by atoms with E-state index in [2.05, 4.69) is 50.2 Å². The van der Waals surface area contributed by atoms with Crippen LogP contribution in [0.1, 0.15) is 37.8 Å². The minimum absolute atomic E-state index is 0.404. The van der Waals surface area contributed by atoms with Crippen molar-refractivity contribution in [1.82, 2.24) is 5.32 Å². The highest BCUT2D eigenvalue weighted by molar-refractivity contribution is 9.11. The van der Waals surface area contributed by atoms with Gasteiger partial charge in [-0.3, -0.25) is 0 Å². The molecular formula is C13H17Br2NO. The van der Waals surface area contributed by atoms with Gasteiger partial charge in [-0.15, -0.1) is 0 Å². The van der Waals surface area contributed by atoms with Crippen LogP contribution < -0.4 is 10.1 Å². The maximum absolute atomic E-state index is 5.84. The molecule has 1 aromatic carbocycles. The van der Waals surface area contributed by atoms with E-state index in [-0.39, 0.29) is 0 Å². The van der Waals surface area contributed by atoms with E-state index >= 15 is 0 Å². The van der Waals surface area contributed by atoms with Gasteiger partial charge in [-0.1, -0.05) is 22.9 Å². The molecule has 0 fully saturated rings. The first kappa shape index (κ1) is 13.4. The topological polar surface area (TPSA) is 21.3 Å². The molecule has 1 aromatic rings. The third-order valence-electron chi connectivity index (χ3n) is 2.94. The molecule has 1 heterocycles. The molecule has 0 radical (unpaired) electrons. The van der Waals surface area contributed by atoms with Crippen LogP contribution in [0, 0.1) is 0 Å². The molecule has 0 spiro atoms. The van der Waals surface area contributed by atoms with Gasteiger partial charge in [-0.25, -0.2) is 0 Å². The lowest BCUT2D eigenvalue weighted by Crippen LogP contribution is -2.21. The van der Waals surface area contributed by atoms with Gasteiger partial charge in [0.2, 0.25) is 0 Å². The van der Waals surface area contributed by atoms with Crippen molar-refractivity contribution in [3.8, 4) is 5.75 Å². The lowest BCUT2D eigenvalue weighted by molar-refractivity contribution is 0.313. The highest BCUT2D eigenvalue weighted by Crippen LogP contribution is 2.39. The SMILES string of the molecule is CCCNC1CCCOc2c(Br)cc(Br)cc21. The van der Waals surface area contributed by atoms with Crippen molar-refractivity contribution < 1.29 is 4.74 Å². The summed E-state index contributed by atoms with van der Waals surface area (Å²) in [6.07, 6.45) is 3.39. The van der Waals surface area contributed by atoms with Gasteiger partial charge < -0.3 is 10.1 Å². The standard InChI is InChI=1S/C13H17Br2NO/c1-2-5-16-12-4-3-6-17-13-10(12)7-9(14)8-11(13)15/h7-8,12,16H,2-6H2,1H3. The first-order chi connectivity index (χ1) is 8.22. The number of halogens is 2. The average molecular weight is 363 g/mol. The molecule has 1 atom stereocenters. The highest BCUT2D eigenvalue weighted by atomic mass is 79.9. The second-order valence-corrected chi connectivity index (χ2v) is 6.07. The van der Waals surface area contributed by atoms with Gasteiger partial charge >= 0.3 is 0 Å². The molecule has 0 saturated heterocycles. The summed E-state index contributed by atoms with van der Waals surface area (Å²) in [6, 6.07) is 4.61. The van der Waals surface area contributed by atoms with Gasteiger partial charge in [0.1, 0.15) is 5.75 Å². The zero-order valence-electron chi connectivity index (χ0n) is 9.93. The molecule has 17 heavy (non-hydrogen) atoms. The van der Waals surface area contributed by atoms with E-state index in [4.69, 9.17) is 4.74 Å². The van der Waals surface area contributed by atoms with Crippen LogP contribution in [0.25, 0.3) is 0 Å². The van der Waals surface area contributed by atoms with E-state index in [1.54, 1.807) is 0 Å². The summed E-state index contributed by atoms with van der Waals surface area (Å²) in [4.78, 5) is 0. The second kappa shape index (κ2) is 6.21. The fourth-order valence-corrected chi connectivity index (χ4v) is 3.51. The quantitative estimate of drug-likeness (QED) is 0.858. The maximum Gasteiger partial charge on any atom is 0.138 e. The molecule has 1 unspecified atom stereocenters. The molecule has 0 aromatic heterocycles. The van der Waals surface area contributed by atoms with Crippen molar-refractivity contribution in [2.24, 2.45) is 0 Å². The van der Waals surface area contributed by atoms with E-state index in [9.17, 15) is 0 Å². The van der Waals surface area contributed by atoms with Crippen LogP contribution in [-0.4, -0.2) is 13.2 Å². The van der Waals surface area contributed by atoms with Crippen LogP contribution in [0.3, 0.4) is 0 Å². The summed E-state index contributed by atoms with van der Waals surface area (Å²) >= 11 is 7.13. The van der Waals surface area contributed by atoms with Crippen molar-refractivity contribution in [3.63, 3.8) is 0 Å². The molecule has 1 N–H and O–H groups in total. The molecule has 1 aliphatic rings. The summed E-state index contributed by atoms with van der Waals surface area (Å²) in [7, 11) is 0. The Morgan fingerprint density at radius 2 is 2.24 bits per heavy atom. The third-order valence-corrected chi connectivity index (χ3v) is 3.98. The normalized spacial score (nSPS) is 19.4. The fourth-order valence-electron chi connectivity index (χ4n) is 2.14. The van der Waals surface area contributed by atoms with Crippen LogP contribution in [0.5, 0.6) is 5.75 Å². The first-order valence-electron chi connectivity index (χ1n) is 6.07. The molecule has 0 aliphatic carbocycles. The fraction of sp³-hybridized carbons (Fsp3) is 0.538. The van der Waals surface area contributed by atoms with E-state index in [1.807, 2.05) is 6.07 Å². The minimum Gasteiger partial charge on any atom is -0.492 e. The molecule has 94 valence electrons. The molecular weight excluding hydrogens is 346 g/mol. The lowest BCUT2D eigenvalue weighted by Gasteiger charge is -2.19. The van der Waals surface area contributed by atoms with Crippen molar-refractivity contribution in [3.05, 3.63) is 26.6 Å². The number of hydrogen-bond acceptors (Lipinski definition) is 2. The smallest absolute Gasteiger partial charge is 0.138 e. The number of ether oxygens (including phenoxy) is 1. The Balaban J connectivity index is 2.33. The number of benzene rings is 1. The number of hydrogen-bond donors (Lipinski definition) is 1. The summed E-state index contributed by atoms with van der Waals surface area (Å²) < 4.78 is 7.97. The average Bonchev–Trinajstić information content (AvgIpc) is 2.49. The predicted molar refractivity (Wildman–Crippen MR) is 77.6 cm³/mol. The summed E-state index contributed by atoms with van der Waals surface area (Å²) in [5.41, 5.74) is 1.26. The Bertz CT molecular complexity index is 395. The van der Waals surface area contributed by atoms with Gasteiger partial charge in [0.05, 0.1) is 11.1 Å². The molecule has 0 bridgehead atoms. The summed E-state index contributed by atoms with van der Waals surface area (Å²) in [5.74, 6) is 0.999. The number of rotatable bonds is 3. The molecule has 2 nitrogen and oxygen atoms in total. The van der Waals surface area contributed by atoms with Gasteiger partial charge in [-0.05, 0) is 53.9 Å². The summed E-state index contributed by atoms with van der Waals surface area (Å²) in [6.45, 7) is 4.05. The molecule has 1 aliphatic heterocycles. The van der Waals surface area contributed by atoms with Crippen LogP contribution in [-0.2, 0) is 0 Å². The Hall–Kier alpha value is -0.0600. The van der Waals surface area contributed by atoms with Crippen molar-refractivity contribution in [2.45, 2.75) is 32.2 Å². The van der Waals surface area contributed by atoms with Gasteiger partial charge in [0, 0.05) is 16.1 Å². The zero-order chi connectivity index (χ0) is 12.3. The summed E-state index contributed by atoms with van der Waals surface area (Å²) in [5, 5.41) is 3.60. The van der Waals surface area contributed by atoms with Gasteiger partial charge in [-0.2, -0.15) is 0 Å². The monoisotopic (exact) mass is 361 g/mol. The Morgan fingerprint density at radius 3 is 3.00 bits per heavy atom. The lowest BCUT2D eigenvalue weighted by atomic mass is 10.0. The van der Waals surface area contributed by atoms with E-state index in [1.165, 1.54) is 5.56 Å². The van der Waals surface area contributed by atoms with Gasteiger partial charge in [0.25, 0.3) is 0 Å². The van der Waals surface area contributed by atoms with Crippen molar-refractivity contribution >= 4 is 31.9 Å². The number of nitrogens with one attached hydrogen (secondary N) is 1. The Kier molecular flexibility index (Phi) is 4.88. The minimum atomic E-state index is 0.404. The maximum atomic E-state index is 5.84. The first-order valence-corrected chi connectivity index (χ1v) is 7.66. The predicted octanol–water partition coefficient (Wildman–Crippen LogP) is 4.42. The Morgan fingerprint density at radius 1 is 1.41 bits per heavy atom. The number of fused-ring (bicyclic) bond motifs is 1. The van der Waals surface area contributed by atoms with Gasteiger partial charge in [0.15, 0.2) is 0 Å². The van der Waals surface area contributed by atoms with Crippen molar-refractivity contribution in [1.29, 1.82) is 0 Å². The second-order valence-electron chi connectivity index (χ2n) is 4.30. The van der Waals surface area contributed by atoms with Crippen LogP contribution in [0.4, 0.5) is 0 Å². The highest BCUT2D eigenvalue weighted by Gasteiger charge is 2.21. The van der Waals surface area contributed by atoms with Crippen LogP contribution in [0.2, 0.25) is 0 Å². The van der Waals surface area contributed by atoms with E-state index in [0.717, 1.165) is 47.1 Å². The van der Waals surface area contributed by atoms with Crippen LogP contribution >= 0.6 is 31.9 Å². The third kappa shape index (κ3) is 3.24. The molecule has 4 heteroatoms. The largest absolute Gasteiger partial charge is 0.492 e. The van der Waals surface area contributed by atoms with Crippen molar-refractivity contribution in [2.75, 3.05) is 13.2 Å².